The van der Waals surface area contributed by atoms with Crippen LogP contribution >= 0.6 is 0 Å². The number of amides is 2. The first-order chi connectivity index (χ1) is 16.6. The minimum absolute atomic E-state index is 0.00883. The van der Waals surface area contributed by atoms with Crippen molar-refractivity contribution in [3.05, 3.63) is 83.9 Å². The quantitative estimate of drug-likeness (QED) is 0.496. The maximum atomic E-state index is 13.4. The van der Waals surface area contributed by atoms with Crippen LogP contribution in [0, 0.1) is 5.92 Å². The van der Waals surface area contributed by atoms with Gasteiger partial charge in [-0.05, 0) is 35.2 Å². The fourth-order valence-corrected chi connectivity index (χ4v) is 4.57. The molecule has 0 N–H and O–H groups in total. The van der Waals surface area contributed by atoms with Gasteiger partial charge < -0.3 is 14.5 Å². The van der Waals surface area contributed by atoms with E-state index in [1.165, 1.54) is 7.11 Å². The minimum Gasteiger partial charge on any atom is -0.469 e. The lowest BCUT2D eigenvalue weighted by molar-refractivity contribution is -0.143. The van der Waals surface area contributed by atoms with Crippen LogP contribution in [0.15, 0.2) is 72.8 Å². The van der Waals surface area contributed by atoms with Crippen molar-refractivity contribution in [1.82, 2.24) is 9.80 Å². The molecule has 0 aliphatic carbocycles. The van der Waals surface area contributed by atoms with E-state index in [9.17, 15) is 14.4 Å². The molecule has 0 spiro atoms. The summed E-state index contributed by atoms with van der Waals surface area (Å²) in [5.74, 6) is -0.459. The Morgan fingerprint density at radius 2 is 1.59 bits per heavy atom. The lowest BCUT2D eigenvalue weighted by Gasteiger charge is -2.34. The maximum absolute atomic E-state index is 13.4. The largest absolute Gasteiger partial charge is 0.469 e. The molecule has 1 aliphatic heterocycles. The van der Waals surface area contributed by atoms with Crippen molar-refractivity contribution < 1.29 is 19.1 Å². The topological polar surface area (TPSA) is 66.9 Å². The second-order valence-electron chi connectivity index (χ2n) is 8.66. The number of nitrogens with zero attached hydrogens (tertiary/aromatic N) is 2. The summed E-state index contributed by atoms with van der Waals surface area (Å²) in [7, 11) is 1.36. The van der Waals surface area contributed by atoms with Gasteiger partial charge >= 0.3 is 5.97 Å². The monoisotopic (exact) mass is 458 g/mol. The van der Waals surface area contributed by atoms with Crippen molar-refractivity contribution in [3.63, 3.8) is 0 Å². The molecular weight excluding hydrogens is 428 g/mol. The van der Waals surface area contributed by atoms with Crippen LogP contribution in [-0.2, 0) is 20.9 Å². The van der Waals surface area contributed by atoms with Crippen molar-refractivity contribution in [1.29, 1.82) is 0 Å². The number of ether oxygens (including phenoxy) is 1. The summed E-state index contributed by atoms with van der Waals surface area (Å²) in [4.78, 5) is 42.0. The van der Waals surface area contributed by atoms with Gasteiger partial charge in [-0.3, -0.25) is 14.4 Å². The highest BCUT2D eigenvalue weighted by atomic mass is 16.5. The summed E-state index contributed by atoms with van der Waals surface area (Å²) in [6, 6.07) is 23.5. The summed E-state index contributed by atoms with van der Waals surface area (Å²) in [6.07, 6.45) is 1.38. The van der Waals surface area contributed by atoms with Gasteiger partial charge in [-0.1, -0.05) is 66.7 Å². The molecule has 2 amide bonds. The first-order valence-corrected chi connectivity index (χ1v) is 11.7. The fourth-order valence-electron chi connectivity index (χ4n) is 4.57. The predicted molar refractivity (Wildman–Crippen MR) is 131 cm³/mol. The molecule has 4 rings (SSSR count). The number of methoxy groups -OCH3 is 1. The van der Waals surface area contributed by atoms with Gasteiger partial charge in [0.1, 0.15) is 0 Å². The van der Waals surface area contributed by atoms with Crippen molar-refractivity contribution >= 4 is 28.6 Å². The Hall–Kier alpha value is -3.67. The van der Waals surface area contributed by atoms with Gasteiger partial charge in [-0.25, -0.2) is 0 Å². The summed E-state index contributed by atoms with van der Waals surface area (Å²) in [5, 5.41) is 1.99. The van der Waals surface area contributed by atoms with Gasteiger partial charge in [0.2, 0.25) is 5.91 Å². The smallest absolute Gasteiger partial charge is 0.307 e. The molecule has 6 nitrogen and oxygen atoms in total. The van der Waals surface area contributed by atoms with Crippen LogP contribution in [0.2, 0.25) is 0 Å². The summed E-state index contributed by atoms with van der Waals surface area (Å²) >= 11 is 0. The Labute approximate surface area is 200 Å². The molecular formula is C28H30N2O4. The second-order valence-corrected chi connectivity index (χ2v) is 8.66. The first kappa shape index (κ1) is 23.5. The molecule has 34 heavy (non-hydrogen) atoms. The zero-order chi connectivity index (χ0) is 23.9. The summed E-state index contributed by atoms with van der Waals surface area (Å²) in [5.41, 5.74) is 1.72. The molecule has 1 heterocycles. The van der Waals surface area contributed by atoms with Crippen molar-refractivity contribution in [3.8, 4) is 0 Å². The third-order valence-electron chi connectivity index (χ3n) is 6.49. The van der Waals surface area contributed by atoms with Gasteiger partial charge in [0.25, 0.3) is 5.91 Å². The molecule has 0 unspecified atom stereocenters. The normalized spacial score (nSPS) is 14.1. The molecule has 1 fully saturated rings. The van der Waals surface area contributed by atoms with E-state index in [4.69, 9.17) is 4.74 Å². The van der Waals surface area contributed by atoms with Crippen LogP contribution < -0.4 is 0 Å². The Morgan fingerprint density at radius 3 is 2.32 bits per heavy atom. The van der Waals surface area contributed by atoms with Gasteiger partial charge in [0.15, 0.2) is 0 Å². The Balaban J connectivity index is 1.42. The van der Waals surface area contributed by atoms with Crippen LogP contribution in [0.4, 0.5) is 0 Å². The van der Waals surface area contributed by atoms with Crippen molar-refractivity contribution in [2.24, 2.45) is 5.92 Å². The summed E-state index contributed by atoms with van der Waals surface area (Å²) in [6.45, 7) is 1.84. The van der Waals surface area contributed by atoms with E-state index >= 15 is 0 Å². The first-order valence-electron chi connectivity index (χ1n) is 11.7. The molecule has 3 aromatic rings. The van der Waals surface area contributed by atoms with Gasteiger partial charge in [0, 0.05) is 37.7 Å². The molecule has 1 saturated heterocycles. The number of piperidine rings is 1. The standard InChI is InChI=1S/C28H30N2O4/c1-34-26(31)16-19-30(20-21-8-3-2-4-9-21)27(32)23-14-17-29(18-15-23)28(33)25-13-7-11-22-10-5-6-12-24(22)25/h2-13,23H,14-20H2,1H3. The molecule has 6 heteroatoms. The second kappa shape index (κ2) is 11.0. The van der Waals surface area contributed by atoms with Gasteiger partial charge in [-0.2, -0.15) is 0 Å². The van der Waals surface area contributed by atoms with Gasteiger partial charge in [0.05, 0.1) is 13.5 Å². The molecule has 176 valence electrons. The number of likely N-dealkylation sites (tertiary alicyclic amines) is 1. The van der Waals surface area contributed by atoms with E-state index in [2.05, 4.69) is 0 Å². The van der Waals surface area contributed by atoms with Crippen LogP contribution in [0.3, 0.4) is 0 Å². The van der Waals surface area contributed by atoms with Crippen LogP contribution in [-0.4, -0.2) is 54.3 Å². The Kier molecular flexibility index (Phi) is 7.58. The molecule has 3 aromatic carbocycles. The number of carbonyl (C=O) groups excluding carboxylic acids is 3. The van der Waals surface area contributed by atoms with Crippen molar-refractivity contribution in [2.45, 2.75) is 25.8 Å². The number of benzene rings is 3. The van der Waals surface area contributed by atoms with Crippen LogP contribution in [0.5, 0.6) is 0 Å². The zero-order valence-electron chi connectivity index (χ0n) is 19.5. The SMILES string of the molecule is COC(=O)CCN(Cc1ccccc1)C(=O)C1CCN(C(=O)c2cccc3ccccc23)CC1. The number of fused-ring (bicyclic) bond motifs is 1. The van der Waals surface area contributed by atoms with E-state index in [0.29, 0.717) is 44.6 Å². The van der Waals surface area contributed by atoms with Gasteiger partial charge in [-0.15, -0.1) is 0 Å². The molecule has 0 radical (unpaired) electrons. The third kappa shape index (κ3) is 5.45. The number of rotatable bonds is 7. The molecule has 1 aliphatic rings. The molecule has 0 bridgehead atoms. The van der Waals surface area contributed by atoms with Crippen LogP contribution in [0.25, 0.3) is 10.8 Å². The zero-order valence-corrected chi connectivity index (χ0v) is 19.5. The summed E-state index contributed by atoms with van der Waals surface area (Å²) < 4.78 is 4.77. The molecule has 0 saturated carbocycles. The lowest BCUT2D eigenvalue weighted by Crippen LogP contribution is -2.44. The fraction of sp³-hybridized carbons (Fsp3) is 0.321. The number of hydrogen-bond acceptors (Lipinski definition) is 4. The van der Waals surface area contributed by atoms with E-state index < -0.39 is 0 Å². The minimum atomic E-state index is -0.332. The number of hydrogen-bond donors (Lipinski definition) is 0. The average Bonchev–Trinajstić information content (AvgIpc) is 2.90. The van der Waals surface area contributed by atoms with E-state index in [0.717, 1.165) is 16.3 Å². The molecule has 0 aromatic heterocycles. The third-order valence-corrected chi connectivity index (χ3v) is 6.49. The highest BCUT2D eigenvalue weighted by molar-refractivity contribution is 6.07. The van der Waals surface area contributed by atoms with E-state index in [-0.39, 0.29) is 30.1 Å². The van der Waals surface area contributed by atoms with E-state index in [1.54, 1.807) is 4.90 Å². The maximum Gasteiger partial charge on any atom is 0.307 e. The van der Waals surface area contributed by atoms with E-state index in [1.807, 2.05) is 77.7 Å². The number of esters is 1. The molecule has 0 atom stereocenters. The Bertz CT molecular complexity index is 1150. The van der Waals surface area contributed by atoms with Crippen LogP contribution in [0.1, 0.15) is 35.2 Å². The van der Waals surface area contributed by atoms with Crippen molar-refractivity contribution in [2.75, 3.05) is 26.7 Å². The number of carbonyl (C=O) groups is 3. The highest BCUT2D eigenvalue weighted by Crippen LogP contribution is 2.25. The predicted octanol–water partition coefficient (Wildman–Crippen LogP) is 4.28. The highest BCUT2D eigenvalue weighted by Gasteiger charge is 2.31. The Morgan fingerprint density at radius 1 is 0.912 bits per heavy atom. The lowest BCUT2D eigenvalue weighted by atomic mass is 9.94. The average molecular weight is 459 g/mol.